The second-order valence-electron chi connectivity index (χ2n) is 4.74. The van der Waals surface area contributed by atoms with Gasteiger partial charge in [-0.15, -0.1) is 0 Å². The summed E-state index contributed by atoms with van der Waals surface area (Å²) in [5.74, 6) is 0.884. The van der Waals surface area contributed by atoms with E-state index in [9.17, 15) is 0 Å². The summed E-state index contributed by atoms with van der Waals surface area (Å²) in [6, 6.07) is 1.43. The molecule has 0 aromatic rings. The minimum Gasteiger partial charge on any atom is -0.312 e. The highest BCUT2D eigenvalue weighted by atomic mass is 15.1. The third kappa shape index (κ3) is 3.28. The van der Waals surface area contributed by atoms with Crippen LogP contribution in [0.4, 0.5) is 0 Å². The van der Waals surface area contributed by atoms with Crippen molar-refractivity contribution in [1.29, 1.82) is 0 Å². The van der Waals surface area contributed by atoms with E-state index in [0.29, 0.717) is 6.04 Å². The van der Waals surface area contributed by atoms with Crippen molar-refractivity contribution in [1.82, 2.24) is 10.2 Å². The lowest BCUT2D eigenvalue weighted by Crippen LogP contribution is -2.41. The quantitative estimate of drug-likeness (QED) is 0.715. The monoisotopic (exact) mass is 184 g/mol. The number of hydrogen-bond acceptors (Lipinski definition) is 2. The first kappa shape index (κ1) is 11.0. The second-order valence-corrected chi connectivity index (χ2v) is 4.74. The lowest BCUT2D eigenvalue weighted by molar-refractivity contribution is 0.284. The number of hydrogen-bond donors (Lipinski definition) is 1. The molecule has 0 amide bonds. The standard InChI is InChI=1S/C11H24N2/c1-9-6-5-7-11(9)12-8-10(2)13(3)4/h9-12H,5-8H2,1-4H3. The summed E-state index contributed by atoms with van der Waals surface area (Å²) in [6.45, 7) is 5.76. The molecule has 3 atom stereocenters. The number of nitrogens with zero attached hydrogens (tertiary/aromatic N) is 1. The molecule has 1 aliphatic carbocycles. The molecule has 0 heterocycles. The van der Waals surface area contributed by atoms with Gasteiger partial charge in [0.2, 0.25) is 0 Å². The fraction of sp³-hybridized carbons (Fsp3) is 1.00. The topological polar surface area (TPSA) is 15.3 Å². The van der Waals surface area contributed by atoms with Gasteiger partial charge < -0.3 is 10.2 Å². The fourth-order valence-electron chi connectivity index (χ4n) is 1.95. The van der Waals surface area contributed by atoms with Crippen molar-refractivity contribution in [3.63, 3.8) is 0 Å². The van der Waals surface area contributed by atoms with Crippen LogP contribution in [0.15, 0.2) is 0 Å². The molecule has 0 aliphatic heterocycles. The van der Waals surface area contributed by atoms with Crippen LogP contribution < -0.4 is 5.32 Å². The molecule has 1 N–H and O–H groups in total. The number of rotatable bonds is 4. The Kier molecular flexibility index (Phi) is 4.20. The number of nitrogens with one attached hydrogen (secondary N) is 1. The van der Waals surface area contributed by atoms with Crippen LogP contribution in [-0.2, 0) is 0 Å². The summed E-state index contributed by atoms with van der Waals surface area (Å²) < 4.78 is 0. The summed E-state index contributed by atoms with van der Waals surface area (Å²) >= 11 is 0. The third-order valence-electron chi connectivity index (χ3n) is 3.42. The Morgan fingerprint density at radius 2 is 2.08 bits per heavy atom. The van der Waals surface area contributed by atoms with E-state index in [4.69, 9.17) is 0 Å². The highest BCUT2D eigenvalue weighted by molar-refractivity contribution is 4.81. The largest absolute Gasteiger partial charge is 0.312 e. The number of likely N-dealkylation sites (N-methyl/N-ethyl adjacent to an activating group) is 1. The van der Waals surface area contributed by atoms with Crippen LogP contribution in [0.3, 0.4) is 0 Å². The minimum atomic E-state index is 0.646. The van der Waals surface area contributed by atoms with Crippen molar-refractivity contribution in [3.8, 4) is 0 Å². The Morgan fingerprint density at radius 1 is 1.38 bits per heavy atom. The first-order valence-electron chi connectivity index (χ1n) is 5.51. The predicted molar refractivity (Wildman–Crippen MR) is 58.0 cm³/mol. The maximum absolute atomic E-state index is 3.67. The maximum Gasteiger partial charge on any atom is 0.0186 e. The minimum absolute atomic E-state index is 0.646. The molecule has 1 fully saturated rings. The van der Waals surface area contributed by atoms with Gasteiger partial charge in [-0.05, 0) is 39.8 Å². The zero-order valence-corrected chi connectivity index (χ0v) is 9.51. The highest BCUT2D eigenvalue weighted by Crippen LogP contribution is 2.24. The van der Waals surface area contributed by atoms with Crippen LogP contribution in [-0.4, -0.2) is 37.6 Å². The summed E-state index contributed by atoms with van der Waals surface area (Å²) in [5.41, 5.74) is 0. The summed E-state index contributed by atoms with van der Waals surface area (Å²) in [5, 5.41) is 3.67. The average Bonchev–Trinajstić information content (AvgIpc) is 2.47. The SMILES string of the molecule is CC1CCCC1NCC(C)N(C)C. The molecular weight excluding hydrogens is 160 g/mol. The molecule has 1 saturated carbocycles. The Hall–Kier alpha value is -0.0800. The molecule has 1 aliphatic rings. The van der Waals surface area contributed by atoms with Crippen LogP contribution >= 0.6 is 0 Å². The van der Waals surface area contributed by atoms with Gasteiger partial charge in [0, 0.05) is 18.6 Å². The van der Waals surface area contributed by atoms with E-state index in [1.54, 1.807) is 0 Å². The Morgan fingerprint density at radius 3 is 2.54 bits per heavy atom. The molecule has 0 aromatic heterocycles. The molecule has 0 bridgehead atoms. The van der Waals surface area contributed by atoms with Crippen LogP contribution in [0.2, 0.25) is 0 Å². The molecule has 3 unspecified atom stereocenters. The smallest absolute Gasteiger partial charge is 0.0186 e. The van der Waals surface area contributed by atoms with Crippen molar-refractivity contribution in [3.05, 3.63) is 0 Å². The van der Waals surface area contributed by atoms with E-state index in [2.05, 4.69) is 38.2 Å². The van der Waals surface area contributed by atoms with Crippen LogP contribution in [0.25, 0.3) is 0 Å². The Labute approximate surface area is 82.7 Å². The lowest BCUT2D eigenvalue weighted by Gasteiger charge is -2.24. The van der Waals surface area contributed by atoms with E-state index < -0.39 is 0 Å². The van der Waals surface area contributed by atoms with Gasteiger partial charge in [-0.3, -0.25) is 0 Å². The van der Waals surface area contributed by atoms with E-state index >= 15 is 0 Å². The van der Waals surface area contributed by atoms with Crippen LogP contribution in [0.1, 0.15) is 33.1 Å². The van der Waals surface area contributed by atoms with Crippen LogP contribution in [0.5, 0.6) is 0 Å². The van der Waals surface area contributed by atoms with Crippen molar-refractivity contribution in [2.75, 3.05) is 20.6 Å². The lowest BCUT2D eigenvalue weighted by atomic mass is 10.1. The van der Waals surface area contributed by atoms with E-state index in [-0.39, 0.29) is 0 Å². The maximum atomic E-state index is 3.67. The zero-order valence-electron chi connectivity index (χ0n) is 9.51. The summed E-state index contributed by atoms with van der Waals surface area (Å²) in [6.07, 6.45) is 4.20. The zero-order chi connectivity index (χ0) is 9.84. The molecule has 0 aromatic carbocycles. The molecule has 2 heteroatoms. The third-order valence-corrected chi connectivity index (χ3v) is 3.42. The van der Waals surface area contributed by atoms with Gasteiger partial charge in [0.05, 0.1) is 0 Å². The van der Waals surface area contributed by atoms with Crippen molar-refractivity contribution in [2.24, 2.45) is 5.92 Å². The van der Waals surface area contributed by atoms with Gasteiger partial charge in [-0.25, -0.2) is 0 Å². The van der Waals surface area contributed by atoms with Gasteiger partial charge in [0.1, 0.15) is 0 Å². The Bertz CT molecular complexity index is 145. The molecule has 78 valence electrons. The fourth-order valence-corrected chi connectivity index (χ4v) is 1.95. The molecule has 0 radical (unpaired) electrons. The van der Waals surface area contributed by atoms with Gasteiger partial charge >= 0.3 is 0 Å². The normalized spacial score (nSPS) is 31.2. The van der Waals surface area contributed by atoms with E-state index in [0.717, 1.165) is 18.5 Å². The van der Waals surface area contributed by atoms with Crippen molar-refractivity contribution >= 4 is 0 Å². The molecule has 1 rings (SSSR count). The highest BCUT2D eigenvalue weighted by Gasteiger charge is 2.22. The Balaban J connectivity index is 2.18. The van der Waals surface area contributed by atoms with Gasteiger partial charge in [-0.2, -0.15) is 0 Å². The molecular formula is C11H24N2. The molecule has 13 heavy (non-hydrogen) atoms. The average molecular weight is 184 g/mol. The van der Waals surface area contributed by atoms with Gasteiger partial charge in [-0.1, -0.05) is 13.3 Å². The molecule has 0 spiro atoms. The van der Waals surface area contributed by atoms with Crippen LogP contribution in [0, 0.1) is 5.92 Å². The van der Waals surface area contributed by atoms with Gasteiger partial charge in [0.15, 0.2) is 0 Å². The predicted octanol–water partition coefficient (Wildman–Crippen LogP) is 1.71. The van der Waals surface area contributed by atoms with Crippen molar-refractivity contribution < 1.29 is 0 Å². The first-order chi connectivity index (χ1) is 6.11. The summed E-state index contributed by atoms with van der Waals surface area (Å²) in [4.78, 5) is 2.27. The first-order valence-corrected chi connectivity index (χ1v) is 5.51. The van der Waals surface area contributed by atoms with E-state index in [1.807, 2.05) is 0 Å². The molecule has 0 saturated heterocycles. The molecule has 2 nitrogen and oxygen atoms in total. The van der Waals surface area contributed by atoms with E-state index in [1.165, 1.54) is 19.3 Å². The second kappa shape index (κ2) is 4.97. The van der Waals surface area contributed by atoms with Crippen molar-refractivity contribution in [2.45, 2.75) is 45.2 Å². The van der Waals surface area contributed by atoms with Gasteiger partial charge in [0.25, 0.3) is 0 Å². The summed E-state index contributed by atoms with van der Waals surface area (Å²) in [7, 11) is 4.29.